The van der Waals surface area contributed by atoms with Crippen LogP contribution in [0.15, 0.2) is 35.7 Å². The zero-order chi connectivity index (χ0) is 17.9. The molecule has 1 aromatic carbocycles. The fourth-order valence-corrected chi connectivity index (χ4v) is 3.53. The Labute approximate surface area is 145 Å². The zero-order valence-electron chi connectivity index (χ0n) is 14.2. The molecule has 1 aromatic heterocycles. The van der Waals surface area contributed by atoms with Crippen LogP contribution in [0.5, 0.6) is 0 Å². The number of aryl methyl sites for hydroxylation is 2. The van der Waals surface area contributed by atoms with E-state index >= 15 is 0 Å². The summed E-state index contributed by atoms with van der Waals surface area (Å²) in [6.07, 6.45) is 3.56. The maximum atomic E-state index is 12.2. The lowest BCUT2D eigenvalue weighted by atomic mass is 10.1. The Kier molecular flexibility index (Phi) is 5.66. The van der Waals surface area contributed by atoms with E-state index in [1.165, 1.54) is 11.8 Å². The first-order valence-electron chi connectivity index (χ1n) is 7.67. The van der Waals surface area contributed by atoms with E-state index in [4.69, 9.17) is 5.73 Å². The van der Waals surface area contributed by atoms with Gasteiger partial charge in [-0.3, -0.25) is 14.7 Å². The molecule has 1 unspecified atom stereocenters. The monoisotopic (exact) mass is 346 g/mol. The summed E-state index contributed by atoms with van der Waals surface area (Å²) in [6, 6.07) is 5.38. The first-order valence-corrected chi connectivity index (χ1v) is 8.55. The third kappa shape index (κ3) is 4.38. The molecule has 0 bridgehead atoms. The summed E-state index contributed by atoms with van der Waals surface area (Å²) in [5, 5.41) is 2.38. The fourth-order valence-electron chi connectivity index (χ4n) is 2.46. The van der Waals surface area contributed by atoms with Crippen LogP contribution < -0.4 is 11.1 Å². The van der Waals surface area contributed by atoms with Crippen molar-refractivity contribution in [2.75, 3.05) is 0 Å². The summed E-state index contributed by atoms with van der Waals surface area (Å²) >= 11 is 1.32. The number of nitrogens with zero attached hydrogens (tertiary/aromatic N) is 2. The van der Waals surface area contributed by atoms with Gasteiger partial charge in [-0.2, -0.15) is 0 Å². The standard InChI is InChI=1S/C17H22N4O2S/c1-10(2)14(15(22)20-16(18)23)24-17-19-5-6-21(17)13-8-11(3)7-12(4)9-13/h5-10,14H,1-4H3,(H3,18,20,22,23). The SMILES string of the molecule is Cc1cc(C)cc(-n2ccnc2SC(C(=O)NC(N)=O)C(C)C)c1. The molecule has 128 valence electrons. The Balaban J connectivity index is 2.31. The van der Waals surface area contributed by atoms with E-state index in [0.29, 0.717) is 5.16 Å². The number of thioether (sulfide) groups is 1. The molecule has 0 aliphatic heterocycles. The molecular formula is C17H22N4O2S. The molecule has 2 rings (SSSR count). The van der Waals surface area contributed by atoms with Crippen LogP contribution >= 0.6 is 11.8 Å². The van der Waals surface area contributed by atoms with Gasteiger partial charge in [0.05, 0.1) is 5.25 Å². The molecule has 0 aliphatic carbocycles. The van der Waals surface area contributed by atoms with E-state index in [2.05, 4.69) is 28.5 Å². The maximum Gasteiger partial charge on any atom is 0.318 e. The Hall–Kier alpha value is -2.28. The molecule has 2 aromatic rings. The van der Waals surface area contributed by atoms with Gasteiger partial charge in [0.2, 0.25) is 5.91 Å². The summed E-state index contributed by atoms with van der Waals surface area (Å²) in [7, 11) is 0. The summed E-state index contributed by atoms with van der Waals surface area (Å²) < 4.78 is 1.94. The third-order valence-corrected chi connectivity index (χ3v) is 4.96. The molecule has 1 heterocycles. The van der Waals surface area contributed by atoms with Gasteiger partial charge < -0.3 is 5.73 Å². The Morgan fingerprint density at radius 2 is 1.83 bits per heavy atom. The van der Waals surface area contributed by atoms with Crippen molar-refractivity contribution < 1.29 is 9.59 Å². The predicted molar refractivity (Wildman–Crippen MR) is 95.2 cm³/mol. The van der Waals surface area contributed by atoms with Crippen LogP contribution in [0.4, 0.5) is 4.79 Å². The lowest BCUT2D eigenvalue weighted by Gasteiger charge is -2.19. The Bertz CT molecular complexity index is 735. The topological polar surface area (TPSA) is 90.0 Å². The molecule has 0 saturated carbocycles. The van der Waals surface area contributed by atoms with Crippen molar-refractivity contribution in [3.63, 3.8) is 0 Å². The number of rotatable bonds is 5. The highest BCUT2D eigenvalue weighted by atomic mass is 32.2. The van der Waals surface area contributed by atoms with E-state index in [0.717, 1.165) is 16.8 Å². The van der Waals surface area contributed by atoms with Crippen molar-refractivity contribution in [2.45, 2.75) is 38.1 Å². The second kappa shape index (κ2) is 7.53. The smallest absolute Gasteiger partial charge is 0.318 e. The van der Waals surface area contributed by atoms with Crippen LogP contribution in [0.25, 0.3) is 5.69 Å². The van der Waals surface area contributed by atoms with Gasteiger partial charge in [0.25, 0.3) is 0 Å². The number of hydrogen-bond acceptors (Lipinski definition) is 4. The van der Waals surface area contributed by atoms with Gasteiger partial charge in [0, 0.05) is 18.1 Å². The number of carbonyl (C=O) groups is 2. The first-order chi connectivity index (χ1) is 11.3. The number of aromatic nitrogens is 2. The number of nitrogens with one attached hydrogen (secondary N) is 1. The number of imidazole rings is 1. The number of urea groups is 1. The van der Waals surface area contributed by atoms with Crippen LogP contribution in [0.1, 0.15) is 25.0 Å². The summed E-state index contributed by atoms with van der Waals surface area (Å²) in [5.41, 5.74) is 8.36. The molecule has 6 nitrogen and oxygen atoms in total. The highest BCUT2D eigenvalue weighted by molar-refractivity contribution is 8.00. The van der Waals surface area contributed by atoms with Gasteiger partial charge in [-0.25, -0.2) is 9.78 Å². The average Bonchev–Trinajstić information content (AvgIpc) is 2.90. The van der Waals surface area contributed by atoms with Crippen LogP contribution in [-0.4, -0.2) is 26.7 Å². The number of hydrogen-bond donors (Lipinski definition) is 2. The second-order valence-electron chi connectivity index (χ2n) is 6.06. The highest BCUT2D eigenvalue weighted by Gasteiger charge is 2.26. The van der Waals surface area contributed by atoms with E-state index in [1.54, 1.807) is 6.20 Å². The molecule has 0 spiro atoms. The molecule has 0 aliphatic rings. The maximum absolute atomic E-state index is 12.2. The van der Waals surface area contributed by atoms with Crippen molar-refractivity contribution in [3.05, 3.63) is 41.7 Å². The van der Waals surface area contributed by atoms with Crippen LogP contribution in [0, 0.1) is 19.8 Å². The molecule has 3 N–H and O–H groups in total. The third-order valence-electron chi connectivity index (χ3n) is 3.43. The van der Waals surface area contributed by atoms with Crippen molar-refractivity contribution >= 4 is 23.7 Å². The van der Waals surface area contributed by atoms with Crippen LogP contribution in [0.3, 0.4) is 0 Å². The molecule has 0 saturated heterocycles. The van der Waals surface area contributed by atoms with Crippen molar-refractivity contribution in [1.29, 1.82) is 0 Å². The summed E-state index contributed by atoms with van der Waals surface area (Å²) in [5.74, 6) is -0.392. The number of amides is 3. The summed E-state index contributed by atoms with van der Waals surface area (Å²) in [4.78, 5) is 27.5. The van der Waals surface area contributed by atoms with Gasteiger partial charge in [-0.1, -0.05) is 31.7 Å². The molecule has 24 heavy (non-hydrogen) atoms. The van der Waals surface area contributed by atoms with Crippen molar-refractivity contribution in [2.24, 2.45) is 11.7 Å². The number of imide groups is 1. The molecule has 1 atom stereocenters. The molecule has 7 heteroatoms. The van der Waals surface area contributed by atoms with Crippen molar-refractivity contribution in [1.82, 2.24) is 14.9 Å². The van der Waals surface area contributed by atoms with Crippen LogP contribution in [-0.2, 0) is 4.79 Å². The first kappa shape index (κ1) is 18.1. The largest absolute Gasteiger partial charge is 0.351 e. The van der Waals surface area contributed by atoms with E-state index in [-0.39, 0.29) is 5.92 Å². The van der Waals surface area contributed by atoms with Crippen LogP contribution in [0.2, 0.25) is 0 Å². The number of nitrogens with two attached hydrogens (primary N) is 1. The summed E-state index contributed by atoms with van der Waals surface area (Å²) in [6.45, 7) is 7.92. The second-order valence-corrected chi connectivity index (χ2v) is 7.17. The fraction of sp³-hybridized carbons (Fsp3) is 0.353. The van der Waals surface area contributed by atoms with Gasteiger partial charge in [-0.15, -0.1) is 0 Å². The molecule has 3 amide bonds. The average molecular weight is 346 g/mol. The van der Waals surface area contributed by atoms with Gasteiger partial charge in [0.1, 0.15) is 0 Å². The zero-order valence-corrected chi connectivity index (χ0v) is 15.1. The Morgan fingerprint density at radius 1 is 1.21 bits per heavy atom. The lowest BCUT2D eigenvalue weighted by Crippen LogP contribution is -2.42. The number of benzene rings is 1. The van der Waals surface area contributed by atoms with E-state index < -0.39 is 17.2 Å². The van der Waals surface area contributed by atoms with Gasteiger partial charge >= 0.3 is 6.03 Å². The Morgan fingerprint density at radius 3 is 2.38 bits per heavy atom. The number of carbonyl (C=O) groups excluding carboxylic acids is 2. The van der Waals surface area contributed by atoms with Crippen molar-refractivity contribution in [3.8, 4) is 5.69 Å². The molecule has 0 fully saturated rings. The predicted octanol–water partition coefficient (Wildman–Crippen LogP) is 2.80. The lowest BCUT2D eigenvalue weighted by molar-refractivity contribution is -0.120. The molecular weight excluding hydrogens is 324 g/mol. The van der Waals surface area contributed by atoms with Gasteiger partial charge in [0.15, 0.2) is 5.16 Å². The minimum absolute atomic E-state index is 0.0127. The minimum Gasteiger partial charge on any atom is -0.351 e. The quantitative estimate of drug-likeness (QED) is 0.815. The number of primary amides is 1. The normalized spacial score (nSPS) is 12.2. The molecule has 0 radical (unpaired) electrons. The van der Waals surface area contributed by atoms with Gasteiger partial charge in [-0.05, 0) is 43.0 Å². The van der Waals surface area contributed by atoms with E-state index in [1.807, 2.05) is 38.5 Å². The highest BCUT2D eigenvalue weighted by Crippen LogP contribution is 2.29. The van der Waals surface area contributed by atoms with E-state index in [9.17, 15) is 9.59 Å². The minimum atomic E-state index is -0.844.